The van der Waals surface area contributed by atoms with Gasteiger partial charge in [0.1, 0.15) is 4.99 Å². The fraction of sp³-hybridized carbons (Fsp3) is 0.500. The Labute approximate surface area is 131 Å². The van der Waals surface area contributed by atoms with Gasteiger partial charge in [-0.3, -0.25) is 0 Å². The minimum atomic E-state index is -3.32. The first-order valence-electron chi connectivity index (χ1n) is 6.93. The summed E-state index contributed by atoms with van der Waals surface area (Å²) in [5.74, 6) is -0.0169. The lowest BCUT2D eigenvalue weighted by Gasteiger charge is -2.29. The van der Waals surface area contributed by atoms with Crippen LogP contribution in [0.5, 0.6) is 0 Å². The summed E-state index contributed by atoms with van der Waals surface area (Å²) < 4.78 is 27.2. The molecule has 0 saturated carbocycles. The van der Waals surface area contributed by atoms with Crippen LogP contribution in [-0.4, -0.2) is 44.5 Å². The molecule has 1 heterocycles. The second kappa shape index (κ2) is 6.83. The molecule has 7 heteroatoms. The van der Waals surface area contributed by atoms with Gasteiger partial charge in [-0.15, -0.1) is 0 Å². The highest BCUT2D eigenvalue weighted by molar-refractivity contribution is 7.88. The maximum absolute atomic E-state index is 12.2. The number of hydrogen-bond donors (Lipinski definition) is 2. The SMILES string of the molecule is CN1CCC(NS(=O)(=O)Cc2ccc(C(N)=S)cc2)CC1. The number of nitrogens with one attached hydrogen (secondary N) is 1. The van der Waals surface area contributed by atoms with E-state index in [1.165, 1.54) is 0 Å². The lowest BCUT2D eigenvalue weighted by atomic mass is 10.1. The summed E-state index contributed by atoms with van der Waals surface area (Å²) in [6.07, 6.45) is 1.71. The van der Waals surface area contributed by atoms with Crippen molar-refractivity contribution in [2.75, 3.05) is 20.1 Å². The van der Waals surface area contributed by atoms with Crippen LogP contribution in [0.15, 0.2) is 24.3 Å². The molecule has 21 heavy (non-hydrogen) atoms. The van der Waals surface area contributed by atoms with Crippen LogP contribution in [0.1, 0.15) is 24.0 Å². The topological polar surface area (TPSA) is 75.4 Å². The van der Waals surface area contributed by atoms with E-state index in [1.54, 1.807) is 24.3 Å². The fourth-order valence-corrected chi connectivity index (χ4v) is 4.00. The van der Waals surface area contributed by atoms with Crippen molar-refractivity contribution in [1.29, 1.82) is 0 Å². The van der Waals surface area contributed by atoms with E-state index in [1.807, 2.05) is 7.05 Å². The molecule has 1 saturated heterocycles. The third-order valence-electron chi connectivity index (χ3n) is 3.66. The number of nitrogens with zero attached hydrogens (tertiary/aromatic N) is 1. The Balaban J connectivity index is 1.95. The summed E-state index contributed by atoms with van der Waals surface area (Å²) in [7, 11) is -1.27. The summed E-state index contributed by atoms with van der Waals surface area (Å²) in [5, 5.41) is 0. The van der Waals surface area contributed by atoms with E-state index in [0.717, 1.165) is 37.1 Å². The number of hydrogen-bond acceptors (Lipinski definition) is 4. The van der Waals surface area contributed by atoms with Gasteiger partial charge in [0.2, 0.25) is 10.0 Å². The summed E-state index contributed by atoms with van der Waals surface area (Å²) in [4.78, 5) is 2.52. The maximum Gasteiger partial charge on any atom is 0.216 e. The highest BCUT2D eigenvalue weighted by Crippen LogP contribution is 2.12. The highest BCUT2D eigenvalue weighted by Gasteiger charge is 2.22. The number of thiocarbonyl (C=S) groups is 1. The molecular formula is C14H21N3O2S2. The van der Waals surface area contributed by atoms with Crippen LogP contribution in [0, 0.1) is 0 Å². The average molecular weight is 327 g/mol. The number of rotatable bonds is 5. The molecule has 1 aromatic rings. The molecule has 0 amide bonds. The van der Waals surface area contributed by atoms with Crippen molar-refractivity contribution >= 4 is 27.2 Å². The first-order valence-corrected chi connectivity index (χ1v) is 8.99. The first kappa shape index (κ1) is 16.4. The zero-order valence-corrected chi connectivity index (χ0v) is 13.7. The molecular weight excluding hydrogens is 306 g/mol. The lowest BCUT2D eigenvalue weighted by Crippen LogP contribution is -2.43. The molecule has 1 fully saturated rings. The van der Waals surface area contributed by atoms with Crippen molar-refractivity contribution in [3.05, 3.63) is 35.4 Å². The van der Waals surface area contributed by atoms with Crippen LogP contribution in [-0.2, 0) is 15.8 Å². The van der Waals surface area contributed by atoms with E-state index in [4.69, 9.17) is 18.0 Å². The minimum Gasteiger partial charge on any atom is -0.389 e. The molecule has 5 nitrogen and oxygen atoms in total. The zero-order valence-electron chi connectivity index (χ0n) is 12.1. The zero-order chi connectivity index (χ0) is 15.5. The van der Waals surface area contributed by atoms with Gasteiger partial charge in [0.05, 0.1) is 5.75 Å². The molecule has 0 unspecified atom stereocenters. The third kappa shape index (κ3) is 5.03. The molecule has 0 atom stereocenters. The second-order valence-corrected chi connectivity index (χ2v) is 7.71. The largest absolute Gasteiger partial charge is 0.389 e. The van der Waals surface area contributed by atoms with Gasteiger partial charge in [-0.25, -0.2) is 13.1 Å². The molecule has 1 aliphatic rings. The van der Waals surface area contributed by atoms with Crippen LogP contribution in [0.3, 0.4) is 0 Å². The van der Waals surface area contributed by atoms with Gasteiger partial charge in [0.25, 0.3) is 0 Å². The minimum absolute atomic E-state index is 0.0169. The van der Waals surface area contributed by atoms with E-state index in [0.29, 0.717) is 4.99 Å². The molecule has 116 valence electrons. The normalized spacial score (nSPS) is 17.8. The number of nitrogens with two attached hydrogens (primary N) is 1. The van der Waals surface area contributed by atoms with Gasteiger partial charge in [-0.2, -0.15) is 0 Å². The van der Waals surface area contributed by atoms with Crippen molar-refractivity contribution < 1.29 is 8.42 Å². The molecule has 0 aliphatic carbocycles. The summed E-state index contributed by atoms with van der Waals surface area (Å²) in [6.45, 7) is 1.85. The van der Waals surface area contributed by atoms with Crippen molar-refractivity contribution in [1.82, 2.24) is 9.62 Å². The van der Waals surface area contributed by atoms with Gasteiger partial charge < -0.3 is 10.6 Å². The van der Waals surface area contributed by atoms with Crippen LogP contribution in [0.25, 0.3) is 0 Å². The smallest absolute Gasteiger partial charge is 0.216 e. The highest BCUT2D eigenvalue weighted by atomic mass is 32.2. The van der Waals surface area contributed by atoms with Crippen molar-refractivity contribution in [2.24, 2.45) is 5.73 Å². The van der Waals surface area contributed by atoms with Gasteiger partial charge in [-0.1, -0.05) is 36.5 Å². The second-order valence-electron chi connectivity index (χ2n) is 5.52. The Morgan fingerprint density at radius 3 is 2.43 bits per heavy atom. The number of benzene rings is 1. The Kier molecular flexibility index (Phi) is 5.32. The Hall–Kier alpha value is -1.02. The van der Waals surface area contributed by atoms with E-state index < -0.39 is 10.0 Å². The van der Waals surface area contributed by atoms with Gasteiger partial charge in [0.15, 0.2) is 0 Å². The fourth-order valence-electron chi connectivity index (χ4n) is 2.41. The van der Waals surface area contributed by atoms with E-state index in [-0.39, 0.29) is 11.8 Å². The average Bonchev–Trinajstić information content (AvgIpc) is 2.41. The van der Waals surface area contributed by atoms with Crippen LogP contribution < -0.4 is 10.5 Å². The Morgan fingerprint density at radius 2 is 1.90 bits per heavy atom. The molecule has 0 aromatic heterocycles. The molecule has 0 radical (unpaired) electrons. The number of likely N-dealkylation sites (tertiary alicyclic amines) is 1. The van der Waals surface area contributed by atoms with E-state index in [2.05, 4.69) is 9.62 Å². The standard InChI is InChI=1S/C14H21N3O2S2/c1-17-8-6-13(7-9-17)16-21(18,19)10-11-2-4-12(5-3-11)14(15)20/h2-5,13,16H,6-10H2,1H3,(H2,15,20). The first-order chi connectivity index (χ1) is 9.85. The van der Waals surface area contributed by atoms with Crippen molar-refractivity contribution in [3.8, 4) is 0 Å². The van der Waals surface area contributed by atoms with E-state index in [9.17, 15) is 8.42 Å². The quantitative estimate of drug-likeness (QED) is 0.784. The summed E-state index contributed by atoms with van der Waals surface area (Å²) >= 11 is 4.88. The van der Waals surface area contributed by atoms with Gasteiger partial charge in [-0.05, 0) is 38.5 Å². The molecule has 3 N–H and O–H groups in total. The van der Waals surface area contributed by atoms with Crippen LogP contribution in [0.4, 0.5) is 0 Å². The Morgan fingerprint density at radius 1 is 1.33 bits per heavy atom. The summed E-state index contributed by atoms with van der Waals surface area (Å²) in [6, 6.07) is 7.05. The van der Waals surface area contributed by atoms with Crippen molar-refractivity contribution in [2.45, 2.75) is 24.6 Å². The number of piperidine rings is 1. The van der Waals surface area contributed by atoms with Crippen LogP contribution in [0.2, 0.25) is 0 Å². The molecule has 1 aromatic carbocycles. The maximum atomic E-state index is 12.2. The number of sulfonamides is 1. The van der Waals surface area contributed by atoms with Gasteiger partial charge >= 0.3 is 0 Å². The Bertz CT molecular complexity index is 591. The predicted molar refractivity (Wildman–Crippen MR) is 88.6 cm³/mol. The van der Waals surface area contributed by atoms with Crippen LogP contribution >= 0.6 is 12.2 Å². The monoisotopic (exact) mass is 327 g/mol. The predicted octanol–water partition coefficient (Wildman–Crippen LogP) is 0.834. The molecule has 0 spiro atoms. The molecule has 1 aliphatic heterocycles. The third-order valence-corrected chi connectivity index (χ3v) is 5.30. The summed E-state index contributed by atoms with van der Waals surface area (Å²) in [5.41, 5.74) is 7.00. The van der Waals surface area contributed by atoms with Gasteiger partial charge in [0, 0.05) is 11.6 Å². The van der Waals surface area contributed by atoms with E-state index >= 15 is 0 Å². The molecule has 0 bridgehead atoms. The van der Waals surface area contributed by atoms with Crippen molar-refractivity contribution in [3.63, 3.8) is 0 Å². The lowest BCUT2D eigenvalue weighted by molar-refractivity contribution is 0.248. The molecule has 2 rings (SSSR count).